The largest absolute Gasteiger partial charge is 0.462 e. The Morgan fingerprint density at radius 2 is 1.46 bits per heavy atom. The van der Waals surface area contributed by atoms with Crippen molar-refractivity contribution in [2.45, 2.75) is 20.8 Å². The van der Waals surface area contributed by atoms with Gasteiger partial charge in [0.05, 0.1) is 24.5 Å². The number of nitro groups is 1. The number of nitrogens with zero attached hydrogens (tertiary/aromatic N) is 3. The van der Waals surface area contributed by atoms with Gasteiger partial charge in [0.15, 0.2) is 5.56 Å². The predicted octanol–water partition coefficient (Wildman–Crippen LogP) is 2.71. The number of ether oxygens (including phenoxy) is 2. The number of pyridine rings is 2. The lowest BCUT2D eigenvalue weighted by molar-refractivity contribution is -0.389. The molecule has 0 aromatic carbocycles. The monoisotopic (exact) mass is 359 g/mol. The molecule has 0 aliphatic carbocycles. The Labute approximate surface area is 149 Å². The lowest BCUT2D eigenvalue weighted by Gasteiger charge is -2.07. The standard InChI is InChI=1S/C17H17N3O6/c1-4-25-16(21)11-6-8-13(18-10(11)3)14-9-7-12(17(22)26-5-2)15(19-14)20(23)24/h6-9H,4-5H2,1-3H3. The second kappa shape index (κ2) is 8.15. The van der Waals surface area contributed by atoms with Crippen LogP contribution in [0, 0.1) is 17.0 Å². The predicted molar refractivity (Wildman–Crippen MR) is 90.8 cm³/mol. The minimum absolute atomic E-state index is 0.0911. The van der Waals surface area contributed by atoms with Crippen molar-refractivity contribution in [1.82, 2.24) is 9.97 Å². The van der Waals surface area contributed by atoms with Crippen molar-refractivity contribution in [3.63, 3.8) is 0 Å². The first kappa shape index (κ1) is 19.0. The van der Waals surface area contributed by atoms with Gasteiger partial charge in [-0.1, -0.05) is 0 Å². The maximum atomic E-state index is 11.8. The molecule has 0 aliphatic heterocycles. The van der Waals surface area contributed by atoms with Crippen LogP contribution in [0.15, 0.2) is 24.3 Å². The number of aromatic nitrogens is 2. The molecule has 0 amide bonds. The summed E-state index contributed by atoms with van der Waals surface area (Å²) < 4.78 is 9.73. The van der Waals surface area contributed by atoms with E-state index in [1.807, 2.05) is 0 Å². The van der Waals surface area contributed by atoms with E-state index in [0.717, 1.165) is 0 Å². The van der Waals surface area contributed by atoms with Crippen molar-refractivity contribution in [1.29, 1.82) is 0 Å². The van der Waals surface area contributed by atoms with Gasteiger partial charge < -0.3 is 19.6 Å². The zero-order chi connectivity index (χ0) is 19.3. The van der Waals surface area contributed by atoms with Crippen LogP contribution in [-0.2, 0) is 9.47 Å². The van der Waals surface area contributed by atoms with Gasteiger partial charge in [0.2, 0.25) is 5.69 Å². The van der Waals surface area contributed by atoms with E-state index in [0.29, 0.717) is 17.0 Å². The van der Waals surface area contributed by atoms with Crippen molar-refractivity contribution in [2.75, 3.05) is 13.2 Å². The van der Waals surface area contributed by atoms with Crippen LogP contribution in [0.25, 0.3) is 11.4 Å². The highest BCUT2D eigenvalue weighted by Gasteiger charge is 2.25. The molecule has 2 rings (SSSR count). The summed E-state index contributed by atoms with van der Waals surface area (Å²) in [5, 5.41) is 11.2. The lowest BCUT2D eigenvalue weighted by Crippen LogP contribution is -2.10. The third kappa shape index (κ3) is 4.00. The first-order valence-corrected chi connectivity index (χ1v) is 7.86. The van der Waals surface area contributed by atoms with Gasteiger partial charge in [-0.25, -0.2) is 14.6 Å². The summed E-state index contributed by atoms with van der Waals surface area (Å²) in [5.41, 5.74) is 0.992. The van der Waals surface area contributed by atoms with Gasteiger partial charge in [-0.15, -0.1) is 0 Å². The number of hydrogen-bond donors (Lipinski definition) is 0. The average Bonchev–Trinajstić information content (AvgIpc) is 2.61. The topological polar surface area (TPSA) is 122 Å². The minimum atomic E-state index is -0.819. The normalized spacial score (nSPS) is 10.3. The second-order valence-electron chi connectivity index (χ2n) is 5.10. The van der Waals surface area contributed by atoms with Gasteiger partial charge in [-0.05, 0) is 54.9 Å². The Balaban J connectivity index is 2.44. The van der Waals surface area contributed by atoms with E-state index < -0.39 is 22.7 Å². The van der Waals surface area contributed by atoms with Gasteiger partial charge in [0.1, 0.15) is 5.69 Å². The van der Waals surface area contributed by atoms with Crippen LogP contribution in [-0.4, -0.2) is 40.0 Å². The van der Waals surface area contributed by atoms with E-state index in [2.05, 4.69) is 9.97 Å². The van der Waals surface area contributed by atoms with Crippen LogP contribution in [0.5, 0.6) is 0 Å². The molecule has 0 radical (unpaired) electrons. The van der Waals surface area contributed by atoms with E-state index in [4.69, 9.17) is 9.47 Å². The van der Waals surface area contributed by atoms with Crippen molar-refractivity contribution >= 4 is 17.8 Å². The molecule has 0 saturated carbocycles. The Kier molecular flexibility index (Phi) is 5.94. The lowest BCUT2D eigenvalue weighted by atomic mass is 10.1. The zero-order valence-corrected chi connectivity index (χ0v) is 14.5. The number of aryl methyl sites for hydroxylation is 1. The molecule has 0 bridgehead atoms. The number of esters is 2. The van der Waals surface area contributed by atoms with Crippen molar-refractivity contribution in [3.8, 4) is 11.4 Å². The SMILES string of the molecule is CCOC(=O)c1ccc(-c2ccc(C(=O)OCC)c([N+](=O)[O-])n2)nc1C. The molecule has 2 heterocycles. The smallest absolute Gasteiger partial charge is 0.378 e. The molecule has 0 atom stereocenters. The average molecular weight is 359 g/mol. The fourth-order valence-corrected chi connectivity index (χ4v) is 2.23. The summed E-state index contributed by atoms with van der Waals surface area (Å²) in [6.07, 6.45) is 0. The van der Waals surface area contributed by atoms with Gasteiger partial charge in [-0.3, -0.25) is 0 Å². The Morgan fingerprint density at radius 3 is 1.96 bits per heavy atom. The molecule has 2 aromatic heterocycles. The van der Waals surface area contributed by atoms with E-state index in [1.54, 1.807) is 20.8 Å². The number of rotatable bonds is 6. The second-order valence-corrected chi connectivity index (χ2v) is 5.10. The molecule has 26 heavy (non-hydrogen) atoms. The van der Waals surface area contributed by atoms with Crippen molar-refractivity contribution in [2.24, 2.45) is 0 Å². The third-order valence-electron chi connectivity index (χ3n) is 3.39. The third-order valence-corrected chi connectivity index (χ3v) is 3.39. The molecule has 0 saturated heterocycles. The van der Waals surface area contributed by atoms with E-state index in [-0.39, 0.29) is 24.5 Å². The fourth-order valence-electron chi connectivity index (χ4n) is 2.23. The van der Waals surface area contributed by atoms with Gasteiger partial charge in [0.25, 0.3) is 0 Å². The number of hydrogen-bond acceptors (Lipinski definition) is 8. The van der Waals surface area contributed by atoms with Crippen molar-refractivity contribution < 1.29 is 24.0 Å². The number of carbonyl (C=O) groups is 2. The Bertz CT molecular complexity index is 866. The molecule has 9 heteroatoms. The summed E-state index contributed by atoms with van der Waals surface area (Å²) in [7, 11) is 0. The fraction of sp³-hybridized carbons (Fsp3) is 0.294. The highest BCUT2D eigenvalue weighted by molar-refractivity contribution is 5.93. The molecule has 0 N–H and O–H groups in total. The molecule has 0 aliphatic rings. The quantitative estimate of drug-likeness (QED) is 0.438. The molecule has 0 spiro atoms. The first-order chi connectivity index (χ1) is 12.4. The van der Waals surface area contributed by atoms with E-state index in [9.17, 15) is 19.7 Å². The minimum Gasteiger partial charge on any atom is -0.462 e. The van der Waals surface area contributed by atoms with Crippen LogP contribution in [0.4, 0.5) is 5.82 Å². The highest BCUT2D eigenvalue weighted by atomic mass is 16.6. The maximum absolute atomic E-state index is 11.8. The van der Waals surface area contributed by atoms with E-state index in [1.165, 1.54) is 24.3 Å². The molecule has 0 unspecified atom stereocenters. The van der Waals surface area contributed by atoms with Crippen LogP contribution >= 0.6 is 0 Å². The molecular weight excluding hydrogens is 342 g/mol. The zero-order valence-electron chi connectivity index (χ0n) is 14.5. The highest BCUT2D eigenvalue weighted by Crippen LogP contribution is 2.24. The summed E-state index contributed by atoms with van der Waals surface area (Å²) in [5.74, 6) is -1.93. The molecule has 0 fully saturated rings. The van der Waals surface area contributed by atoms with Crippen LogP contribution in [0.1, 0.15) is 40.3 Å². The molecule has 9 nitrogen and oxygen atoms in total. The molecule has 136 valence electrons. The van der Waals surface area contributed by atoms with E-state index >= 15 is 0 Å². The maximum Gasteiger partial charge on any atom is 0.378 e. The van der Waals surface area contributed by atoms with Gasteiger partial charge >= 0.3 is 17.8 Å². The van der Waals surface area contributed by atoms with Gasteiger partial charge in [0, 0.05) is 0 Å². The number of carbonyl (C=O) groups excluding carboxylic acids is 2. The summed E-state index contributed by atoms with van der Waals surface area (Å²) >= 11 is 0. The van der Waals surface area contributed by atoms with Gasteiger partial charge in [-0.2, -0.15) is 0 Å². The van der Waals surface area contributed by atoms with Crippen LogP contribution in [0.2, 0.25) is 0 Å². The Morgan fingerprint density at radius 1 is 0.962 bits per heavy atom. The van der Waals surface area contributed by atoms with Crippen LogP contribution in [0.3, 0.4) is 0 Å². The summed E-state index contributed by atoms with van der Waals surface area (Å²) in [6.45, 7) is 5.25. The summed E-state index contributed by atoms with van der Waals surface area (Å²) in [6, 6.07) is 5.73. The summed E-state index contributed by atoms with van der Waals surface area (Å²) in [4.78, 5) is 42.3. The molecular formula is C17H17N3O6. The van der Waals surface area contributed by atoms with Crippen molar-refractivity contribution in [3.05, 3.63) is 51.2 Å². The Hall–Kier alpha value is -3.36. The first-order valence-electron chi connectivity index (χ1n) is 7.86. The molecule has 2 aromatic rings. The van der Waals surface area contributed by atoms with Crippen LogP contribution < -0.4 is 0 Å².